The third-order valence-electron chi connectivity index (χ3n) is 3.16. The van der Waals surface area contributed by atoms with E-state index in [1.807, 2.05) is 36.4 Å². The van der Waals surface area contributed by atoms with Gasteiger partial charge in [-0.05, 0) is 31.2 Å². The number of carbonyl (C=O) groups excluding carboxylic acids is 2. The van der Waals surface area contributed by atoms with Crippen molar-refractivity contribution in [3.63, 3.8) is 0 Å². The van der Waals surface area contributed by atoms with Crippen LogP contribution >= 0.6 is 0 Å². The van der Waals surface area contributed by atoms with Crippen LogP contribution in [-0.4, -0.2) is 25.3 Å². The van der Waals surface area contributed by atoms with Gasteiger partial charge in [-0.2, -0.15) is 0 Å². The number of nitrogens with zero attached hydrogens (tertiary/aromatic N) is 1. The van der Waals surface area contributed by atoms with E-state index in [1.54, 1.807) is 31.2 Å². The van der Waals surface area contributed by atoms with E-state index in [0.29, 0.717) is 11.4 Å². The molecule has 2 rings (SSSR count). The Bertz CT molecular complexity index is 690. The number of anilines is 2. The summed E-state index contributed by atoms with van der Waals surface area (Å²) in [5, 5.41) is 0. The molecule has 0 saturated heterocycles. The Morgan fingerprint density at radius 3 is 1.96 bits per heavy atom. The summed E-state index contributed by atoms with van der Waals surface area (Å²) >= 11 is 0. The van der Waals surface area contributed by atoms with Crippen LogP contribution in [0.25, 0.3) is 0 Å². The van der Waals surface area contributed by atoms with Gasteiger partial charge >= 0.3 is 12.1 Å². The quantitative estimate of drug-likeness (QED) is 0.644. The van der Waals surface area contributed by atoms with Crippen LogP contribution in [0.15, 0.2) is 72.4 Å². The first-order chi connectivity index (χ1) is 12.1. The van der Waals surface area contributed by atoms with E-state index in [4.69, 9.17) is 15.2 Å². The molecule has 0 heterocycles. The molecule has 6 heteroatoms. The zero-order valence-corrected chi connectivity index (χ0v) is 13.9. The second-order valence-corrected chi connectivity index (χ2v) is 5.03. The molecular formula is C19H20N2O4. The predicted octanol–water partition coefficient (Wildman–Crippen LogP) is 3.37. The van der Waals surface area contributed by atoms with Gasteiger partial charge in [0, 0.05) is 6.08 Å². The molecule has 0 unspecified atom stereocenters. The van der Waals surface area contributed by atoms with Crippen LogP contribution in [0, 0.1) is 0 Å². The van der Waals surface area contributed by atoms with Crippen molar-refractivity contribution in [2.45, 2.75) is 6.92 Å². The first-order valence-corrected chi connectivity index (χ1v) is 7.81. The summed E-state index contributed by atoms with van der Waals surface area (Å²) < 4.78 is 10.00. The molecule has 6 nitrogen and oxygen atoms in total. The fraction of sp³-hybridized carbons (Fsp3) is 0.158. The number of hydrogen-bond acceptors (Lipinski definition) is 5. The molecule has 0 aromatic heterocycles. The molecule has 2 aromatic rings. The first kappa shape index (κ1) is 18.1. The maximum absolute atomic E-state index is 12.6. The SMILES string of the molecule is CCOC(=O)/C=C(\N)COC(=O)N(c1ccccc1)c1ccccc1. The van der Waals surface area contributed by atoms with E-state index in [2.05, 4.69) is 0 Å². The Morgan fingerprint density at radius 2 is 1.48 bits per heavy atom. The van der Waals surface area contributed by atoms with Gasteiger partial charge < -0.3 is 15.2 Å². The van der Waals surface area contributed by atoms with Crippen molar-refractivity contribution in [2.24, 2.45) is 5.73 Å². The zero-order chi connectivity index (χ0) is 18.1. The van der Waals surface area contributed by atoms with Gasteiger partial charge in [0.15, 0.2) is 0 Å². The molecule has 0 saturated carbocycles. The van der Waals surface area contributed by atoms with Gasteiger partial charge in [-0.15, -0.1) is 0 Å². The minimum atomic E-state index is -0.599. The number of ether oxygens (including phenoxy) is 2. The summed E-state index contributed by atoms with van der Waals surface area (Å²) in [6.45, 7) is 1.73. The fourth-order valence-electron chi connectivity index (χ4n) is 2.10. The minimum Gasteiger partial charge on any atom is -0.463 e. The predicted molar refractivity (Wildman–Crippen MR) is 95.3 cm³/mol. The van der Waals surface area contributed by atoms with Crippen molar-refractivity contribution >= 4 is 23.4 Å². The summed E-state index contributed by atoms with van der Waals surface area (Å²) in [4.78, 5) is 25.3. The maximum Gasteiger partial charge on any atom is 0.419 e. The second kappa shape index (κ2) is 9.12. The Hall–Kier alpha value is -3.28. The molecule has 0 atom stereocenters. The number of esters is 1. The molecule has 2 aromatic carbocycles. The van der Waals surface area contributed by atoms with Crippen molar-refractivity contribution in [3.8, 4) is 0 Å². The summed E-state index contributed by atoms with van der Waals surface area (Å²) in [5.74, 6) is -0.570. The molecule has 0 aliphatic rings. The summed E-state index contributed by atoms with van der Waals surface area (Å²) in [7, 11) is 0. The Labute approximate surface area is 146 Å². The lowest BCUT2D eigenvalue weighted by molar-refractivity contribution is -0.137. The average molecular weight is 340 g/mol. The molecule has 0 aliphatic carbocycles. The highest BCUT2D eigenvalue weighted by Gasteiger charge is 2.19. The zero-order valence-electron chi connectivity index (χ0n) is 13.9. The number of hydrogen-bond donors (Lipinski definition) is 1. The molecular weight excluding hydrogens is 320 g/mol. The molecule has 0 aliphatic heterocycles. The van der Waals surface area contributed by atoms with E-state index >= 15 is 0 Å². The number of nitrogens with two attached hydrogens (primary N) is 1. The summed E-state index contributed by atoms with van der Waals surface area (Å²) in [6.07, 6.45) is 0.504. The molecule has 0 spiro atoms. The number of amides is 1. The van der Waals surface area contributed by atoms with Crippen LogP contribution < -0.4 is 10.6 Å². The highest BCUT2D eigenvalue weighted by Crippen LogP contribution is 2.25. The van der Waals surface area contributed by atoms with Crippen LogP contribution in [0.1, 0.15) is 6.92 Å². The lowest BCUT2D eigenvalue weighted by Gasteiger charge is -2.22. The van der Waals surface area contributed by atoms with Gasteiger partial charge in [-0.3, -0.25) is 0 Å². The molecule has 0 fully saturated rings. The second-order valence-electron chi connectivity index (χ2n) is 5.03. The normalized spacial score (nSPS) is 10.8. The van der Waals surface area contributed by atoms with Gasteiger partial charge in [-0.25, -0.2) is 14.5 Å². The van der Waals surface area contributed by atoms with E-state index in [1.165, 1.54) is 4.90 Å². The topological polar surface area (TPSA) is 81.9 Å². The monoisotopic (exact) mass is 340 g/mol. The van der Waals surface area contributed by atoms with E-state index in [-0.39, 0.29) is 18.9 Å². The van der Waals surface area contributed by atoms with Crippen molar-refractivity contribution in [1.82, 2.24) is 0 Å². The number of rotatable bonds is 6. The van der Waals surface area contributed by atoms with Gasteiger partial charge in [-0.1, -0.05) is 36.4 Å². The molecule has 1 amide bonds. The highest BCUT2D eigenvalue weighted by molar-refractivity contribution is 5.96. The largest absolute Gasteiger partial charge is 0.463 e. The van der Waals surface area contributed by atoms with Gasteiger partial charge in [0.25, 0.3) is 0 Å². The van der Waals surface area contributed by atoms with Crippen molar-refractivity contribution in [1.29, 1.82) is 0 Å². The smallest absolute Gasteiger partial charge is 0.419 e. The Balaban J connectivity index is 2.13. The average Bonchev–Trinajstić information content (AvgIpc) is 2.62. The van der Waals surface area contributed by atoms with Gasteiger partial charge in [0.05, 0.1) is 23.7 Å². The third-order valence-corrected chi connectivity index (χ3v) is 3.16. The highest BCUT2D eigenvalue weighted by atomic mass is 16.6. The van der Waals surface area contributed by atoms with Crippen LogP contribution in [0.5, 0.6) is 0 Å². The molecule has 130 valence electrons. The van der Waals surface area contributed by atoms with Crippen molar-refractivity contribution < 1.29 is 19.1 Å². The van der Waals surface area contributed by atoms with Crippen LogP contribution in [0.4, 0.5) is 16.2 Å². The maximum atomic E-state index is 12.6. The first-order valence-electron chi connectivity index (χ1n) is 7.81. The molecule has 0 bridgehead atoms. The minimum absolute atomic E-state index is 0.105. The van der Waals surface area contributed by atoms with E-state index < -0.39 is 12.1 Å². The van der Waals surface area contributed by atoms with Crippen LogP contribution in [-0.2, 0) is 14.3 Å². The van der Waals surface area contributed by atoms with Crippen molar-refractivity contribution in [2.75, 3.05) is 18.1 Å². The lowest BCUT2D eigenvalue weighted by atomic mass is 10.2. The number of benzene rings is 2. The Morgan fingerprint density at radius 1 is 0.960 bits per heavy atom. The number of para-hydroxylation sites is 2. The van der Waals surface area contributed by atoms with Crippen LogP contribution in [0.3, 0.4) is 0 Å². The molecule has 0 radical (unpaired) electrons. The Kier molecular flexibility index (Phi) is 6.59. The molecule has 2 N–H and O–H groups in total. The standard InChI is InChI=1S/C19H20N2O4/c1-2-24-18(22)13-15(20)14-25-19(23)21(16-9-5-3-6-10-16)17-11-7-4-8-12-17/h3-13H,2,14,20H2,1H3/b15-13-. The fourth-order valence-corrected chi connectivity index (χ4v) is 2.10. The number of carbonyl (C=O) groups is 2. The van der Waals surface area contributed by atoms with E-state index in [0.717, 1.165) is 6.08 Å². The summed E-state index contributed by atoms with van der Waals surface area (Å²) in [5.41, 5.74) is 7.12. The summed E-state index contributed by atoms with van der Waals surface area (Å²) in [6, 6.07) is 18.2. The van der Waals surface area contributed by atoms with Crippen LogP contribution in [0.2, 0.25) is 0 Å². The van der Waals surface area contributed by atoms with E-state index in [9.17, 15) is 9.59 Å². The van der Waals surface area contributed by atoms with Gasteiger partial charge in [0.1, 0.15) is 6.61 Å². The third kappa shape index (κ3) is 5.39. The lowest BCUT2D eigenvalue weighted by Crippen LogP contribution is -2.28. The van der Waals surface area contributed by atoms with Gasteiger partial charge in [0.2, 0.25) is 0 Å². The van der Waals surface area contributed by atoms with Crippen molar-refractivity contribution in [3.05, 3.63) is 72.4 Å². The molecule has 25 heavy (non-hydrogen) atoms.